The molecular formula is C21H19O3. The van der Waals surface area contributed by atoms with Gasteiger partial charge in [-0.25, -0.2) is 0 Å². The van der Waals surface area contributed by atoms with Crippen LogP contribution in [0.1, 0.15) is 31.4 Å². The first-order chi connectivity index (χ1) is 11.8. The van der Waals surface area contributed by atoms with Crippen LogP contribution in [0, 0.1) is 6.26 Å². The number of hydrogen-bond acceptors (Lipinski definition) is 3. The zero-order chi connectivity index (χ0) is 16.4. The maximum atomic E-state index is 5.98. The van der Waals surface area contributed by atoms with Crippen molar-refractivity contribution in [1.82, 2.24) is 0 Å². The van der Waals surface area contributed by atoms with Crippen LogP contribution in [0.2, 0.25) is 0 Å². The Hall–Kier alpha value is -2.68. The van der Waals surface area contributed by atoms with Crippen LogP contribution >= 0.6 is 0 Å². The molecule has 2 heterocycles. The number of furan rings is 2. The molecule has 0 atom stereocenters. The lowest BCUT2D eigenvalue weighted by Crippen LogP contribution is -1.89. The van der Waals surface area contributed by atoms with Crippen molar-refractivity contribution in [1.29, 1.82) is 0 Å². The third-order valence-electron chi connectivity index (χ3n) is 4.40. The highest BCUT2D eigenvalue weighted by molar-refractivity contribution is 5.69. The van der Waals surface area contributed by atoms with Crippen molar-refractivity contribution in [3.8, 4) is 28.4 Å². The Morgan fingerprint density at radius 1 is 0.958 bits per heavy atom. The molecule has 0 aliphatic heterocycles. The van der Waals surface area contributed by atoms with E-state index in [1.165, 1.54) is 18.4 Å². The topological polar surface area (TPSA) is 35.5 Å². The quantitative estimate of drug-likeness (QED) is 0.594. The molecule has 3 nitrogen and oxygen atoms in total. The molecule has 0 unspecified atom stereocenters. The van der Waals surface area contributed by atoms with E-state index in [1.807, 2.05) is 42.5 Å². The van der Waals surface area contributed by atoms with E-state index >= 15 is 0 Å². The van der Waals surface area contributed by atoms with E-state index in [1.54, 1.807) is 7.11 Å². The van der Waals surface area contributed by atoms with Crippen LogP contribution in [0.4, 0.5) is 0 Å². The molecule has 0 N–H and O–H groups in total. The molecule has 3 aromatic rings. The van der Waals surface area contributed by atoms with Gasteiger partial charge >= 0.3 is 0 Å². The fourth-order valence-electron chi connectivity index (χ4n) is 3.03. The predicted molar refractivity (Wildman–Crippen MR) is 93.7 cm³/mol. The van der Waals surface area contributed by atoms with E-state index in [9.17, 15) is 0 Å². The van der Waals surface area contributed by atoms with Crippen LogP contribution in [-0.4, -0.2) is 7.11 Å². The van der Waals surface area contributed by atoms with E-state index < -0.39 is 0 Å². The zero-order valence-corrected chi connectivity index (χ0v) is 13.7. The number of methoxy groups -OCH3 is 1. The monoisotopic (exact) mass is 319 g/mol. The van der Waals surface area contributed by atoms with Crippen molar-refractivity contribution < 1.29 is 13.6 Å². The molecule has 0 saturated carbocycles. The van der Waals surface area contributed by atoms with Crippen molar-refractivity contribution in [3.63, 3.8) is 0 Å². The lowest BCUT2D eigenvalue weighted by atomic mass is 9.97. The fourth-order valence-corrected chi connectivity index (χ4v) is 3.03. The van der Waals surface area contributed by atoms with Crippen LogP contribution in [0.15, 0.2) is 57.4 Å². The zero-order valence-electron chi connectivity index (χ0n) is 13.7. The molecule has 0 saturated heterocycles. The molecule has 121 valence electrons. The summed E-state index contributed by atoms with van der Waals surface area (Å²) >= 11 is 0. The fraction of sp³-hybridized carbons (Fsp3) is 0.238. The molecule has 1 aromatic carbocycles. The van der Waals surface area contributed by atoms with Gasteiger partial charge in [0.15, 0.2) is 6.26 Å². The van der Waals surface area contributed by atoms with Gasteiger partial charge in [-0.1, -0.05) is 6.08 Å². The molecule has 1 aliphatic rings. The Balaban J connectivity index is 1.58. The van der Waals surface area contributed by atoms with Gasteiger partial charge in [-0.15, -0.1) is 0 Å². The summed E-state index contributed by atoms with van der Waals surface area (Å²) in [5.74, 6) is 3.33. The van der Waals surface area contributed by atoms with Gasteiger partial charge in [-0.2, -0.15) is 0 Å². The maximum Gasteiger partial charge on any atom is 0.181 e. The summed E-state index contributed by atoms with van der Waals surface area (Å²) in [6.07, 6.45) is 9.95. The van der Waals surface area contributed by atoms with Crippen molar-refractivity contribution in [3.05, 3.63) is 60.6 Å². The lowest BCUT2D eigenvalue weighted by molar-refractivity contribution is 0.415. The van der Waals surface area contributed by atoms with Gasteiger partial charge in [0.05, 0.1) is 12.7 Å². The first-order valence-corrected chi connectivity index (χ1v) is 8.29. The Kier molecular flexibility index (Phi) is 3.99. The molecule has 0 fully saturated rings. The van der Waals surface area contributed by atoms with Gasteiger partial charge in [-0.3, -0.25) is 0 Å². The molecule has 1 radical (unpaired) electrons. The van der Waals surface area contributed by atoms with Crippen LogP contribution in [0.25, 0.3) is 28.2 Å². The maximum absolute atomic E-state index is 5.98. The highest BCUT2D eigenvalue weighted by atomic mass is 16.5. The summed E-state index contributed by atoms with van der Waals surface area (Å²) in [6, 6.07) is 13.8. The first kappa shape index (κ1) is 14.9. The second-order valence-electron chi connectivity index (χ2n) is 5.99. The molecule has 2 aromatic heterocycles. The Bertz CT molecular complexity index is 849. The summed E-state index contributed by atoms with van der Waals surface area (Å²) < 4.78 is 16.8. The SMILES string of the molecule is COc1ccc(-c2ccc(-c3[c]oc(C4=CCCCC4)c3)o2)cc1. The second kappa shape index (κ2) is 6.44. The summed E-state index contributed by atoms with van der Waals surface area (Å²) in [5.41, 5.74) is 3.16. The molecule has 0 bridgehead atoms. The summed E-state index contributed by atoms with van der Waals surface area (Å²) in [7, 11) is 1.66. The van der Waals surface area contributed by atoms with Gasteiger partial charge in [0.25, 0.3) is 0 Å². The number of rotatable bonds is 4. The van der Waals surface area contributed by atoms with Crippen molar-refractivity contribution in [2.75, 3.05) is 7.11 Å². The largest absolute Gasteiger partial charge is 0.497 e. The lowest BCUT2D eigenvalue weighted by Gasteiger charge is -2.09. The normalized spacial score (nSPS) is 14.5. The van der Waals surface area contributed by atoms with Gasteiger partial charge in [0, 0.05) is 5.56 Å². The van der Waals surface area contributed by atoms with E-state index in [-0.39, 0.29) is 0 Å². The molecule has 24 heavy (non-hydrogen) atoms. The first-order valence-electron chi connectivity index (χ1n) is 8.29. The van der Waals surface area contributed by atoms with E-state index in [0.29, 0.717) is 0 Å². The summed E-state index contributed by atoms with van der Waals surface area (Å²) in [6.45, 7) is 0. The predicted octanol–water partition coefficient (Wildman–Crippen LogP) is 5.97. The smallest absolute Gasteiger partial charge is 0.181 e. The third-order valence-corrected chi connectivity index (χ3v) is 4.40. The molecule has 1 aliphatic carbocycles. The number of hydrogen-bond donors (Lipinski definition) is 0. The van der Waals surface area contributed by atoms with E-state index in [2.05, 4.69) is 12.3 Å². The van der Waals surface area contributed by atoms with Gasteiger partial charge < -0.3 is 13.6 Å². The molecule has 4 rings (SSSR count). The van der Waals surface area contributed by atoms with Gasteiger partial charge in [0.2, 0.25) is 0 Å². The van der Waals surface area contributed by atoms with Gasteiger partial charge in [0.1, 0.15) is 23.0 Å². The third kappa shape index (κ3) is 2.90. The average Bonchev–Trinajstić information content (AvgIpc) is 3.32. The van der Waals surface area contributed by atoms with Crippen LogP contribution < -0.4 is 4.74 Å². The van der Waals surface area contributed by atoms with Crippen LogP contribution in [0.5, 0.6) is 5.75 Å². The van der Waals surface area contributed by atoms with Crippen molar-refractivity contribution in [2.45, 2.75) is 25.7 Å². The van der Waals surface area contributed by atoms with E-state index in [4.69, 9.17) is 13.6 Å². The average molecular weight is 319 g/mol. The van der Waals surface area contributed by atoms with Gasteiger partial charge in [-0.05, 0) is 73.7 Å². The summed E-state index contributed by atoms with van der Waals surface area (Å²) in [4.78, 5) is 0. The highest BCUT2D eigenvalue weighted by Crippen LogP contribution is 2.33. The molecule has 0 amide bonds. The highest BCUT2D eigenvalue weighted by Gasteiger charge is 2.14. The molecule has 3 heteroatoms. The molecule has 0 spiro atoms. The standard InChI is InChI=1S/C21H19O3/c1-22-18-9-7-16(8-10-18)19-11-12-20(24-19)17-13-21(23-14-17)15-5-3-2-4-6-15/h5,7-13H,2-4,6H2,1H3. The summed E-state index contributed by atoms with van der Waals surface area (Å²) in [5, 5.41) is 0. The number of allylic oxidation sites excluding steroid dienone is 2. The number of benzene rings is 1. The number of ether oxygens (including phenoxy) is 1. The van der Waals surface area contributed by atoms with Crippen molar-refractivity contribution in [2.24, 2.45) is 0 Å². The molecular weight excluding hydrogens is 300 g/mol. The minimum absolute atomic E-state index is 0.771. The minimum Gasteiger partial charge on any atom is -0.497 e. The minimum atomic E-state index is 0.771. The van der Waals surface area contributed by atoms with E-state index in [0.717, 1.165) is 47.0 Å². The van der Waals surface area contributed by atoms with Crippen LogP contribution in [0.3, 0.4) is 0 Å². The Labute approximate surface area is 141 Å². The Morgan fingerprint density at radius 3 is 2.54 bits per heavy atom. The van der Waals surface area contributed by atoms with Crippen LogP contribution in [-0.2, 0) is 0 Å². The Morgan fingerprint density at radius 2 is 1.79 bits per heavy atom. The second-order valence-corrected chi connectivity index (χ2v) is 5.99. The van der Waals surface area contributed by atoms with Crippen molar-refractivity contribution >= 4 is 5.57 Å².